The van der Waals surface area contributed by atoms with Crippen LogP contribution in [0.15, 0.2) is 0 Å². The quantitative estimate of drug-likeness (QED) is 0.862. The van der Waals surface area contributed by atoms with Gasteiger partial charge in [-0.3, -0.25) is 4.79 Å². The van der Waals surface area contributed by atoms with Crippen LogP contribution in [0.4, 0.5) is 4.79 Å². The molecular weight excluding hydrogens is 302 g/mol. The van der Waals surface area contributed by atoms with Crippen LogP contribution in [0.3, 0.4) is 0 Å². The Bertz CT molecular complexity index is 432. The molecule has 2 saturated heterocycles. The van der Waals surface area contributed by atoms with E-state index in [2.05, 4.69) is 12.2 Å². The van der Waals surface area contributed by atoms with E-state index < -0.39 is 0 Å². The Labute approximate surface area is 146 Å². The van der Waals surface area contributed by atoms with Crippen LogP contribution in [0.25, 0.3) is 0 Å². The van der Waals surface area contributed by atoms with Crippen LogP contribution in [0.1, 0.15) is 58.3 Å². The number of nitrogens with zero attached hydrogens (tertiary/aromatic N) is 2. The largest absolute Gasteiger partial charge is 0.356 e. The highest BCUT2D eigenvalue weighted by Gasteiger charge is 2.30. The molecule has 2 aliphatic heterocycles. The van der Waals surface area contributed by atoms with E-state index in [0.717, 1.165) is 64.3 Å². The highest BCUT2D eigenvalue weighted by atomic mass is 16.2. The number of carbonyl (C=O) groups is 2. The summed E-state index contributed by atoms with van der Waals surface area (Å²) in [4.78, 5) is 28.7. The smallest absolute Gasteiger partial charge is 0.319 e. The van der Waals surface area contributed by atoms with Crippen molar-refractivity contribution >= 4 is 11.9 Å². The minimum absolute atomic E-state index is 0.0927. The maximum absolute atomic E-state index is 12.4. The highest BCUT2D eigenvalue weighted by Crippen LogP contribution is 2.28. The molecule has 0 aromatic carbocycles. The molecule has 1 aliphatic carbocycles. The molecule has 0 bridgehead atoms. The first-order chi connectivity index (χ1) is 11.6. The van der Waals surface area contributed by atoms with E-state index in [1.165, 1.54) is 25.7 Å². The standard InChI is InChI=1S/C19H33N3O2/c1-15-4-6-16(7-5-15)14-20-18(23)17-8-12-22(13-9-17)19(24)21-10-2-3-11-21/h15-17H,2-14H2,1H3,(H,20,23). The Morgan fingerprint density at radius 1 is 0.875 bits per heavy atom. The molecule has 3 aliphatic rings. The molecule has 1 N–H and O–H groups in total. The zero-order valence-corrected chi connectivity index (χ0v) is 15.1. The fraction of sp³-hybridized carbons (Fsp3) is 0.895. The Morgan fingerprint density at radius 3 is 2.08 bits per heavy atom. The molecule has 5 heteroatoms. The maximum Gasteiger partial charge on any atom is 0.319 e. The van der Waals surface area contributed by atoms with Crippen LogP contribution >= 0.6 is 0 Å². The average Bonchev–Trinajstić information content (AvgIpc) is 3.15. The molecule has 3 rings (SSSR count). The number of hydrogen-bond donors (Lipinski definition) is 1. The maximum atomic E-state index is 12.4. The summed E-state index contributed by atoms with van der Waals surface area (Å²) in [5, 5.41) is 3.18. The second-order valence-corrected chi connectivity index (χ2v) is 8.11. The van der Waals surface area contributed by atoms with E-state index in [-0.39, 0.29) is 17.9 Å². The van der Waals surface area contributed by atoms with Crippen molar-refractivity contribution in [1.82, 2.24) is 15.1 Å². The lowest BCUT2D eigenvalue weighted by atomic mass is 9.83. The first kappa shape index (κ1) is 17.6. The number of nitrogens with one attached hydrogen (secondary N) is 1. The normalized spacial score (nSPS) is 28.9. The van der Waals surface area contributed by atoms with Gasteiger partial charge in [-0.2, -0.15) is 0 Å². The fourth-order valence-electron chi connectivity index (χ4n) is 4.36. The molecule has 0 unspecified atom stereocenters. The molecule has 24 heavy (non-hydrogen) atoms. The van der Waals surface area contributed by atoms with Crippen LogP contribution in [-0.2, 0) is 4.79 Å². The third-order valence-electron chi connectivity index (χ3n) is 6.21. The van der Waals surface area contributed by atoms with Gasteiger partial charge < -0.3 is 15.1 Å². The van der Waals surface area contributed by atoms with Gasteiger partial charge in [-0.25, -0.2) is 4.79 Å². The minimum Gasteiger partial charge on any atom is -0.356 e. The summed E-state index contributed by atoms with van der Waals surface area (Å²) >= 11 is 0. The van der Waals surface area contributed by atoms with Gasteiger partial charge in [-0.1, -0.05) is 19.8 Å². The number of piperidine rings is 1. The first-order valence-electron chi connectivity index (χ1n) is 9.95. The molecule has 3 fully saturated rings. The van der Waals surface area contributed by atoms with E-state index in [0.29, 0.717) is 5.92 Å². The molecule has 0 aromatic rings. The molecular formula is C19H33N3O2. The van der Waals surface area contributed by atoms with Gasteiger partial charge in [0.25, 0.3) is 0 Å². The van der Waals surface area contributed by atoms with Crippen molar-refractivity contribution in [2.75, 3.05) is 32.7 Å². The number of urea groups is 1. The van der Waals surface area contributed by atoms with Crippen molar-refractivity contribution in [2.45, 2.75) is 58.3 Å². The lowest BCUT2D eigenvalue weighted by Crippen LogP contribution is -2.48. The van der Waals surface area contributed by atoms with Gasteiger partial charge in [-0.05, 0) is 50.4 Å². The molecule has 2 heterocycles. The SMILES string of the molecule is CC1CCC(CNC(=O)C2CCN(C(=O)N3CCCC3)CC2)CC1. The van der Waals surface area contributed by atoms with Crippen LogP contribution < -0.4 is 5.32 Å². The van der Waals surface area contributed by atoms with E-state index >= 15 is 0 Å². The van der Waals surface area contributed by atoms with Gasteiger partial charge in [0.05, 0.1) is 0 Å². The Kier molecular flexibility index (Phi) is 6.01. The van der Waals surface area contributed by atoms with Crippen LogP contribution in [-0.4, -0.2) is 54.5 Å². The summed E-state index contributed by atoms with van der Waals surface area (Å²) in [6.07, 6.45) is 9.00. The average molecular weight is 335 g/mol. The van der Waals surface area contributed by atoms with E-state index in [9.17, 15) is 9.59 Å². The number of rotatable bonds is 3. The summed E-state index contributed by atoms with van der Waals surface area (Å²) in [7, 11) is 0. The predicted molar refractivity (Wildman–Crippen MR) is 94.6 cm³/mol. The number of likely N-dealkylation sites (tertiary alicyclic amines) is 2. The van der Waals surface area contributed by atoms with Crippen LogP contribution in [0.2, 0.25) is 0 Å². The van der Waals surface area contributed by atoms with Gasteiger partial charge in [0.15, 0.2) is 0 Å². The lowest BCUT2D eigenvalue weighted by Gasteiger charge is -2.34. The number of carbonyl (C=O) groups excluding carboxylic acids is 2. The van der Waals surface area contributed by atoms with Crippen molar-refractivity contribution in [3.63, 3.8) is 0 Å². The van der Waals surface area contributed by atoms with Crippen molar-refractivity contribution in [2.24, 2.45) is 17.8 Å². The highest BCUT2D eigenvalue weighted by molar-refractivity contribution is 5.79. The summed E-state index contributed by atoms with van der Waals surface area (Å²) in [5.41, 5.74) is 0. The zero-order chi connectivity index (χ0) is 16.9. The van der Waals surface area contributed by atoms with Crippen molar-refractivity contribution < 1.29 is 9.59 Å². The van der Waals surface area contributed by atoms with Gasteiger partial charge in [0.2, 0.25) is 5.91 Å². The summed E-state index contributed by atoms with van der Waals surface area (Å²) in [6, 6.07) is 0.183. The molecule has 3 amide bonds. The summed E-state index contributed by atoms with van der Waals surface area (Å²) in [5.74, 6) is 1.83. The molecule has 5 nitrogen and oxygen atoms in total. The zero-order valence-electron chi connectivity index (χ0n) is 15.1. The third kappa shape index (κ3) is 4.42. The van der Waals surface area contributed by atoms with Gasteiger partial charge in [0, 0.05) is 38.6 Å². The molecule has 0 spiro atoms. The Morgan fingerprint density at radius 2 is 1.46 bits per heavy atom. The summed E-state index contributed by atoms with van der Waals surface area (Å²) < 4.78 is 0. The molecule has 0 aromatic heterocycles. The number of amides is 3. The second kappa shape index (κ2) is 8.21. The van der Waals surface area contributed by atoms with Gasteiger partial charge in [-0.15, -0.1) is 0 Å². The van der Waals surface area contributed by atoms with Gasteiger partial charge >= 0.3 is 6.03 Å². The van der Waals surface area contributed by atoms with Crippen molar-refractivity contribution in [3.05, 3.63) is 0 Å². The molecule has 1 saturated carbocycles. The molecule has 0 atom stereocenters. The second-order valence-electron chi connectivity index (χ2n) is 8.11. The third-order valence-corrected chi connectivity index (χ3v) is 6.21. The van der Waals surface area contributed by atoms with Crippen LogP contribution in [0.5, 0.6) is 0 Å². The number of hydrogen-bond acceptors (Lipinski definition) is 2. The van der Waals surface area contributed by atoms with Crippen LogP contribution in [0, 0.1) is 17.8 Å². The van der Waals surface area contributed by atoms with Gasteiger partial charge in [0.1, 0.15) is 0 Å². The minimum atomic E-state index is 0.0927. The molecule has 136 valence electrons. The molecule has 0 radical (unpaired) electrons. The van der Waals surface area contributed by atoms with E-state index in [1.54, 1.807) is 0 Å². The van der Waals surface area contributed by atoms with Crippen molar-refractivity contribution in [3.8, 4) is 0 Å². The van der Waals surface area contributed by atoms with Crippen molar-refractivity contribution in [1.29, 1.82) is 0 Å². The predicted octanol–water partition coefficient (Wildman–Crippen LogP) is 2.86. The first-order valence-corrected chi connectivity index (χ1v) is 9.95. The van der Waals surface area contributed by atoms with E-state index in [4.69, 9.17) is 0 Å². The monoisotopic (exact) mass is 335 g/mol. The Hall–Kier alpha value is -1.26. The Balaban J connectivity index is 1.36. The fourth-order valence-corrected chi connectivity index (χ4v) is 4.36. The lowest BCUT2D eigenvalue weighted by molar-refractivity contribution is -0.126. The van der Waals surface area contributed by atoms with E-state index in [1.807, 2.05) is 9.80 Å². The topological polar surface area (TPSA) is 52.7 Å². The summed E-state index contributed by atoms with van der Waals surface area (Å²) in [6.45, 7) is 6.44.